The van der Waals surface area contributed by atoms with E-state index >= 15 is 0 Å². The Morgan fingerprint density at radius 3 is 2.76 bits per heavy atom. The Morgan fingerprint density at radius 1 is 1.52 bits per heavy atom. The summed E-state index contributed by atoms with van der Waals surface area (Å²) in [4.78, 5) is 25.2. The maximum absolute atomic E-state index is 11.0. The first-order chi connectivity index (χ1) is 9.99. The largest absolute Gasteiger partial charge is 0.477 e. The van der Waals surface area contributed by atoms with Crippen molar-refractivity contribution >= 4 is 17.5 Å². The number of rotatable bonds is 5. The van der Waals surface area contributed by atoms with E-state index in [1.807, 2.05) is 6.92 Å². The van der Waals surface area contributed by atoms with E-state index < -0.39 is 10.9 Å². The maximum atomic E-state index is 11.0. The van der Waals surface area contributed by atoms with Gasteiger partial charge in [0.1, 0.15) is 0 Å². The lowest BCUT2D eigenvalue weighted by atomic mass is 9.93. The van der Waals surface area contributed by atoms with E-state index in [0.717, 1.165) is 25.0 Å². The summed E-state index contributed by atoms with van der Waals surface area (Å²) in [6.45, 7) is 3.25. The van der Waals surface area contributed by atoms with Crippen LogP contribution in [0.2, 0.25) is 0 Å². The predicted molar refractivity (Wildman–Crippen MR) is 74.5 cm³/mol. The van der Waals surface area contributed by atoms with Crippen LogP contribution in [-0.2, 0) is 4.74 Å². The molecule has 1 aliphatic heterocycles. The zero-order valence-electron chi connectivity index (χ0n) is 11.6. The number of aromatic nitrogens is 1. The molecule has 1 aromatic heterocycles. The summed E-state index contributed by atoms with van der Waals surface area (Å²) >= 11 is 0. The van der Waals surface area contributed by atoms with Gasteiger partial charge in [-0.25, -0.2) is 9.78 Å². The molecule has 1 aromatic rings. The molecule has 2 N–H and O–H groups in total. The van der Waals surface area contributed by atoms with Crippen LogP contribution in [0, 0.1) is 16.0 Å². The SMILES string of the molecule is CC(Nc1nc(C(=O)O)ccc1[N+](=O)[O-])C1CCOCC1. The Kier molecular flexibility index (Phi) is 4.69. The number of nitro groups is 1. The van der Waals surface area contributed by atoms with Crippen LogP contribution in [0.3, 0.4) is 0 Å². The minimum absolute atomic E-state index is 0.00103. The number of carboxylic acids is 1. The highest BCUT2D eigenvalue weighted by molar-refractivity contribution is 5.86. The summed E-state index contributed by atoms with van der Waals surface area (Å²) < 4.78 is 5.28. The molecule has 0 amide bonds. The minimum Gasteiger partial charge on any atom is -0.477 e. The van der Waals surface area contributed by atoms with Gasteiger partial charge in [-0.05, 0) is 31.7 Å². The number of anilines is 1. The summed E-state index contributed by atoms with van der Waals surface area (Å²) in [5, 5.41) is 22.9. The van der Waals surface area contributed by atoms with Crippen molar-refractivity contribution in [3.05, 3.63) is 27.9 Å². The Bertz CT molecular complexity index is 543. The second-order valence-electron chi connectivity index (χ2n) is 5.01. The van der Waals surface area contributed by atoms with Crippen LogP contribution in [-0.4, -0.2) is 40.2 Å². The number of hydrogen-bond acceptors (Lipinski definition) is 6. The highest BCUT2D eigenvalue weighted by atomic mass is 16.6. The van der Waals surface area contributed by atoms with Crippen LogP contribution < -0.4 is 5.32 Å². The molecule has 0 aliphatic carbocycles. The van der Waals surface area contributed by atoms with Crippen molar-refractivity contribution in [3.8, 4) is 0 Å². The van der Waals surface area contributed by atoms with Gasteiger partial charge in [0.2, 0.25) is 5.82 Å². The summed E-state index contributed by atoms with van der Waals surface area (Å²) in [7, 11) is 0. The summed E-state index contributed by atoms with van der Waals surface area (Å²) in [6, 6.07) is 2.24. The Labute approximate surface area is 121 Å². The molecule has 1 aliphatic rings. The molecule has 1 saturated heterocycles. The molecule has 1 unspecified atom stereocenters. The van der Waals surface area contributed by atoms with Gasteiger partial charge in [0.25, 0.3) is 0 Å². The number of hydrogen-bond donors (Lipinski definition) is 2. The van der Waals surface area contributed by atoms with Gasteiger partial charge in [0, 0.05) is 25.3 Å². The van der Waals surface area contributed by atoms with E-state index in [2.05, 4.69) is 10.3 Å². The fourth-order valence-electron chi connectivity index (χ4n) is 2.37. The normalized spacial score (nSPS) is 17.2. The van der Waals surface area contributed by atoms with E-state index in [1.165, 1.54) is 0 Å². The average Bonchev–Trinajstić information content (AvgIpc) is 2.47. The molecule has 0 saturated carbocycles. The number of aromatic carboxylic acids is 1. The number of nitrogens with one attached hydrogen (secondary N) is 1. The maximum Gasteiger partial charge on any atom is 0.354 e. The van der Waals surface area contributed by atoms with E-state index in [4.69, 9.17) is 9.84 Å². The quantitative estimate of drug-likeness (QED) is 0.629. The zero-order chi connectivity index (χ0) is 15.4. The fourth-order valence-corrected chi connectivity index (χ4v) is 2.37. The van der Waals surface area contributed by atoms with Gasteiger partial charge < -0.3 is 15.2 Å². The van der Waals surface area contributed by atoms with Crippen LogP contribution in [0.15, 0.2) is 12.1 Å². The van der Waals surface area contributed by atoms with E-state index in [0.29, 0.717) is 19.1 Å². The predicted octanol–water partition coefficient (Wildman–Crippen LogP) is 1.91. The van der Waals surface area contributed by atoms with Gasteiger partial charge >= 0.3 is 11.7 Å². The lowest BCUT2D eigenvalue weighted by Crippen LogP contribution is -2.31. The monoisotopic (exact) mass is 295 g/mol. The van der Waals surface area contributed by atoms with Crippen molar-refractivity contribution in [3.63, 3.8) is 0 Å². The van der Waals surface area contributed by atoms with Crippen LogP contribution in [0.25, 0.3) is 0 Å². The van der Waals surface area contributed by atoms with Crippen LogP contribution in [0.4, 0.5) is 11.5 Å². The number of nitrogens with zero attached hydrogens (tertiary/aromatic N) is 2. The molecule has 8 heteroatoms. The van der Waals surface area contributed by atoms with Gasteiger partial charge in [-0.15, -0.1) is 0 Å². The smallest absolute Gasteiger partial charge is 0.354 e. The Morgan fingerprint density at radius 2 is 2.19 bits per heavy atom. The third-order valence-corrected chi connectivity index (χ3v) is 3.63. The van der Waals surface area contributed by atoms with Crippen molar-refractivity contribution in [1.29, 1.82) is 0 Å². The van der Waals surface area contributed by atoms with Crippen LogP contribution in [0.5, 0.6) is 0 Å². The first kappa shape index (κ1) is 15.2. The molecule has 0 aromatic carbocycles. The Hall–Kier alpha value is -2.22. The van der Waals surface area contributed by atoms with Crippen molar-refractivity contribution in [2.75, 3.05) is 18.5 Å². The highest BCUT2D eigenvalue weighted by Gasteiger charge is 2.25. The lowest BCUT2D eigenvalue weighted by molar-refractivity contribution is -0.384. The second-order valence-corrected chi connectivity index (χ2v) is 5.01. The first-order valence-electron chi connectivity index (χ1n) is 6.72. The van der Waals surface area contributed by atoms with Crippen LogP contribution >= 0.6 is 0 Å². The van der Waals surface area contributed by atoms with E-state index in [1.54, 1.807) is 0 Å². The lowest BCUT2D eigenvalue weighted by Gasteiger charge is -2.28. The molecule has 2 rings (SSSR count). The molecule has 21 heavy (non-hydrogen) atoms. The molecule has 0 radical (unpaired) electrons. The molecule has 1 fully saturated rings. The fraction of sp³-hybridized carbons (Fsp3) is 0.538. The number of ether oxygens (including phenoxy) is 1. The second kappa shape index (κ2) is 6.49. The van der Waals surface area contributed by atoms with Gasteiger partial charge in [0.05, 0.1) is 4.92 Å². The third-order valence-electron chi connectivity index (χ3n) is 3.63. The van der Waals surface area contributed by atoms with Crippen molar-refractivity contribution in [1.82, 2.24) is 4.98 Å². The zero-order valence-corrected chi connectivity index (χ0v) is 11.6. The number of carboxylic acid groups (broad SMARTS) is 1. The van der Waals surface area contributed by atoms with E-state index in [-0.39, 0.29) is 23.2 Å². The first-order valence-corrected chi connectivity index (χ1v) is 6.72. The molecular formula is C13H17N3O5. The van der Waals surface area contributed by atoms with Gasteiger partial charge in [-0.3, -0.25) is 10.1 Å². The summed E-state index contributed by atoms with van der Waals surface area (Å²) in [6.07, 6.45) is 1.72. The van der Waals surface area contributed by atoms with Gasteiger partial charge in [0.15, 0.2) is 5.69 Å². The molecular weight excluding hydrogens is 278 g/mol. The summed E-state index contributed by atoms with van der Waals surface area (Å²) in [5.74, 6) is -0.904. The number of carbonyl (C=O) groups is 1. The topological polar surface area (TPSA) is 115 Å². The Balaban J connectivity index is 2.21. The van der Waals surface area contributed by atoms with Crippen molar-refractivity contribution in [2.45, 2.75) is 25.8 Å². The van der Waals surface area contributed by atoms with Crippen molar-refractivity contribution < 1.29 is 19.6 Å². The molecule has 1 atom stereocenters. The average molecular weight is 295 g/mol. The molecule has 0 spiro atoms. The third kappa shape index (κ3) is 3.66. The highest BCUT2D eigenvalue weighted by Crippen LogP contribution is 2.26. The van der Waals surface area contributed by atoms with E-state index in [9.17, 15) is 14.9 Å². The summed E-state index contributed by atoms with van der Waals surface area (Å²) in [5.41, 5.74) is -0.443. The molecule has 8 nitrogen and oxygen atoms in total. The van der Waals surface area contributed by atoms with Crippen molar-refractivity contribution in [2.24, 2.45) is 5.92 Å². The molecule has 2 heterocycles. The van der Waals surface area contributed by atoms with Crippen LogP contribution in [0.1, 0.15) is 30.3 Å². The standard InChI is InChI=1S/C13H17N3O5/c1-8(9-4-6-21-7-5-9)14-12-11(16(19)20)3-2-10(15-12)13(17)18/h2-3,8-9H,4-7H2,1H3,(H,14,15)(H,17,18). The minimum atomic E-state index is -1.22. The number of pyridine rings is 1. The van der Waals surface area contributed by atoms with Gasteiger partial charge in [-0.1, -0.05) is 0 Å². The van der Waals surface area contributed by atoms with Gasteiger partial charge in [-0.2, -0.15) is 0 Å². The molecule has 0 bridgehead atoms. The molecule has 114 valence electrons.